The highest BCUT2D eigenvalue weighted by atomic mass is 16.5. The standard InChI is InChI=1S/C18H21N7O2/c26-18(15-1-3-17(4-2-15)24-13-19-20-14-24)22-16-11-21-25(12-16)6-5-23-7-9-27-10-8-23/h1-4,11-14H,5-10H2,(H,22,26). The minimum Gasteiger partial charge on any atom is -0.379 e. The van der Waals surface area contributed by atoms with E-state index in [9.17, 15) is 4.79 Å². The van der Waals surface area contributed by atoms with Crippen LogP contribution >= 0.6 is 0 Å². The number of carbonyl (C=O) groups is 1. The second-order valence-corrected chi connectivity index (χ2v) is 6.32. The molecule has 1 N–H and O–H groups in total. The summed E-state index contributed by atoms with van der Waals surface area (Å²) in [7, 11) is 0. The molecule has 4 rings (SSSR count). The number of anilines is 1. The van der Waals surface area contributed by atoms with Gasteiger partial charge in [0.1, 0.15) is 12.7 Å². The van der Waals surface area contributed by atoms with E-state index in [4.69, 9.17) is 4.74 Å². The maximum atomic E-state index is 12.4. The smallest absolute Gasteiger partial charge is 0.255 e. The Morgan fingerprint density at radius 2 is 1.81 bits per heavy atom. The van der Waals surface area contributed by atoms with Crippen molar-refractivity contribution in [2.24, 2.45) is 0 Å². The molecule has 0 aliphatic carbocycles. The molecule has 1 aromatic carbocycles. The number of hydrogen-bond donors (Lipinski definition) is 1. The molecule has 1 fully saturated rings. The number of amides is 1. The number of morpholine rings is 1. The number of aromatic nitrogens is 5. The largest absolute Gasteiger partial charge is 0.379 e. The minimum atomic E-state index is -0.168. The number of hydrogen-bond acceptors (Lipinski definition) is 6. The molecule has 3 aromatic rings. The van der Waals surface area contributed by atoms with Crippen LogP contribution in [0, 0.1) is 0 Å². The average Bonchev–Trinajstić information content (AvgIpc) is 3.40. The maximum absolute atomic E-state index is 12.4. The molecule has 0 spiro atoms. The van der Waals surface area contributed by atoms with E-state index >= 15 is 0 Å². The lowest BCUT2D eigenvalue weighted by Gasteiger charge is -2.26. The van der Waals surface area contributed by atoms with Crippen molar-refractivity contribution >= 4 is 11.6 Å². The molecule has 0 radical (unpaired) electrons. The molecule has 27 heavy (non-hydrogen) atoms. The monoisotopic (exact) mass is 367 g/mol. The van der Waals surface area contributed by atoms with Gasteiger partial charge in [-0.2, -0.15) is 5.10 Å². The summed E-state index contributed by atoms with van der Waals surface area (Å²) in [5, 5.41) is 14.8. The van der Waals surface area contributed by atoms with E-state index in [1.807, 2.05) is 23.0 Å². The van der Waals surface area contributed by atoms with E-state index in [0.717, 1.165) is 45.1 Å². The van der Waals surface area contributed by atoms with E-state index in [-0.39, 0.29) is 5.91 Å². The maximum Gasteiger partial charge on any atom is 0.255 e. The van der Waals surface area contributed by atoms with Gasteiger partial charge in [0.2, 0.25) is 0 Å². The van der Waals surface area contributed by atoms with Crippen LogP contribution in [0.3, 0.4) is 0 Å². The Hall–Kier alpha value is -3.04. The van der Waals surface area contributed by atoms with Crippen LogP contribution in [0.1, 0.15) is 10.4 Å². The number of nitrogens with one attached hydrogen (secondary N) is 1. The zero-order chi connectivity index (χ0) is 18.5. The number of nitrogens with zero attached hydrogens (tertiary/aromatic N) is 6. The topological polar surface area (TPSA) is 90.1 Å². The van der Waals surface area contributed by atoms with Gasteiger partial charge in [0.05, 0.1) is 31.6 Å². The van der Waals surface area contributed by atoms with Crippen LogP contribution in [0.5, 0.6) is 0 Å². The quantitative estimate of drug-likeness (QED) is 0.700. The van der Waals surface area contributed by atoms with Gasteiger partial charge in [0.15, 0.2) is 0 Å². The van der Waals surface area contributed by atoms with Crippen molar-refractivity contribution in [2.45, 2.75) is 6.54 Å². The first kappa shape index (κ1) is 17.4. The first-order valence-electron chi connectivity index (χ1n) is 8.87. The van der Waals surface area contributed by atoms with Crippen molar-refractivity contribution in [1.29, 1.82) is 0 Å². The summed E-state index contributed by atoms with van der Waals surface area (Å²) < 4.78 is 8.98. The highest BCUT2D eigenvalue weighted by Crippen LogP contribution is 2.12. The molecular weight excluding hydrogens is 346 g/mol. The van der Waals surface area contributed by atoms with Crippen LogP contribution in [0.15, 0.2) is 49.3 Å². The molecule has 0 atom stereocenters. The first-order valence-corrected chi connectivity index (χ1v) is 8.87. The van der Waals surface area contributed by atoms with Gasteiger partial charge in [-0.15, -0.1) is 10.2 Å². The van der Waals surface area contributed by atoms with Gasteiger partial charge >= 0.3 is 0 Å². The third-order valence-electron chi connectivity index (χ3n) is 4.49. The Balaban J connectivity index is 1.32. The summed E-state index contributed by atoms with van der Waals surface area (Å²) in [6.45, 7) is 5.19. The van der Waals surface area contributed by atoms with E-state index in [1.165, 1.54) is 0 Å². The van der Waals surface area contributed by atoms with Gasteiger partial charge in [0, 0.05) is 37.1 Å². The molecule has 1 aliphatic heterocycles. The summed E-state index contributed by atoms with van der Waals surface area (Å²) in [6.07, 6.45) is 6.74. The summed E-state index contributed by atoms with van der Waals surface area (Å²) in [5.41, 5.74) is 2.16. The van der Waals surface area contributed by atoms with Crippen molar-refractivity contribution in [2.75, 3.05) is 38.2 Å². The average molecular weight is 367 g/mol. The third-order valence-corrected chi connectivity index (χ3v) is 4.49. The van der Waals surface area contributed by atoms with E-state index < -0.39 is 0 Å². The van der Waals surface area contributed by atoms with Crippen LogP contribution in [0.4, 0.5) is 5.69 Å². The molecule has 3 heterocycles. The number of rotatable bonds is 6. The molecule has 1 aliphatic rings. The summed E-state index contributed by atoms with van der Waals surface area (Å²) in [6, 6.07) is 7.25. The molecule has 140 valence electrons. The SMILES string of the molecule is O=C(Nc1cnn(CCN2CCOCC2)c1)c1ccc(-n2cnnc2)cc1. The molecule has 1 amide bonds. The zero-order valence-electron chi connectivity index (χ0n) is 14.9. The Morgan fingerprint density at radius 1 is 1.07 bits per heavy atom. The lowest BCUT2D eigenvalue weighted by atomic mass is 10.2. The number of carbonyl (C=O) groups excluding carboxylic acids is 1. The predicted octanol–water partition coefficient (Wildman–Crippen LogP) is 1.05. The Bertz CT molecular complexity index is 868. The zero-order valence-corrected chi connectivity index (χ0v) is 14.9. The first-order chi connectivity index (χ1) is 13.3. The van der Waals surface area contributed by atoms with E-state index in [0.29, 0.717) is 11.3 Å². The van der Waals surface area contributed by atoms with Gasteiger partial charge in [-0.1, -0.05) is 0 Å². The molecule has 0 unspecified atom stereocenters. The van der Waals surface area contributed by atoms with Crippen LogP contribution in [0.25, 0.3) is 5.69 Å². The van der Waals surface area contributed by atoms with Crippen molar-refractivity contribution in [3.8, 4) is 5.69 Å². The van der Waals surface area contributed by atoms with Gasteiger partial charge in [-0.3, -0.25) is 18.9 Å². The second-order valence-electron chi connectivity index (χ2n) is 6.32. The van der Waals surface area contributed by atoms with Crippen molar-refractivity contribution in [1.82, 2.24) is 29.4 Å². The second kappa shape index (κ2) is 8.11. The molecule has 0 bridgehead atoms. The molecule has 1 saturated heterocycles. The van der Waals surface area contributed by atoms with Crippen LogP contribution in [-0.4, -0.2) is 68.2 Å². The molecule has 0 saturated carbocycles. The lowest BCUT2D eigenvalue weighted by Crippen LogP contribution is -2.38. The number of benzene rings is 1. The highest BCUT2D eigenvalue weighted by molar-refractivity contribution is 6.04. The van der Waals surface area contributed by atoms with Gasteiger partial charge in [-0.05, 0) is 24.3 Å². The number of ether oxygens (including phenoxy) is 1. The molecule has 2 aromatic heterocycles. The van der Waals surface area contributed by atoms with Gasteiger partial charge in [0.25, 0.3) is 5.91 Å². The Morgan fingerprint density at radius 3 is 2.56 bits per heavy atom. The van der Waals surface area contributed by atoms with Crippen molar-refractivity contribution in [3.05, 3.63) is 54.9 Å². The molecular formula is C18H21N7O2. The molecule has 9 nitrogen and oxygen atoms in total. The van der Waals surface area contributed by atoms with Crippen LogP contribution < -0.4 is 5.32 Å². The predicted molar refractivity (Wildman–Crippen MR) is 98.8 cm³/mol. The lowest BCUT2D eigenvalue weighted by molar-refractivity contribution is 0.0360. The van der Waals surface area contributed by atoms with E-state index in [2.05, 4.69) is 25.5 Å². The van der Waals surface area contributed by atoms with Crippen LogP contribution in [0.2, 0.25) is 0 Å². The summed E-state index contributed by atoms with van der Waals surface area (Å²) >= 11 is 0. The third kappa shape index (κ3) is 4.39. The van der Waals surface area contributed by atoms with Crippen molar-refractivity contribution in [3.63, 3.8) is 0 Å². The summed E-state index contributed by atoms with van der Waals surface area (Å²) in [5.74, 6) is -0.168. The van der Waals surface area contributed by atoms with Gasteiger partial charge in [-0.25, -0.2) is 0 Å². The Kier molecular flexibility index (Phi) is 5.22. The van der Waals surface area contributed by atoms with Crippen LogP contribution in [-0.2, 0) is 11.3 Å². The van der Waals surface area contributed by atoms with Crippen molar-refractivity contribution < 1.29 is 9.53 Å². The highest BCUT2D eigenvalue weighted by Gasteiger charge is 2.11. The molecule has 9 heteroatoms. The fourth-order valence-corrected chi connectivity index (χ4v) is 2.94. The summed E-state index contributed by atoms with van der Waals surface area (Å²) in [4.78, 5) is 14.8. The fraction of sp³-hybridized carbons (Fsp3) is 0.333. The van der Waals surface area contributed by atoms with E-state index in [1.54, 1.807) is 35.6 Å². The fourth-order valence-electron chi connectivity index (χ4n) is 2.94. The normalized spacial score (nSPS) is 15.0. The van der Waals surface area contributed by atoms with Gasteiger partial charge < -0.3 is 10.1 Å². The minimum absolute atomic E-state index is 0.168. The Labute approximate surface area is 156 Å².